The molecule has 1 aromatic carbocycles. The maximum atomic E-state index is 12.7. The van der Waals surface area contributed by atoms with E-state index in [1.165, 1.54) is 5.56 Å². The number of likely N-dealkylation sites (N-methyl/N-ethyl adjacent to an activating group) is 1. The second kappa shape index (κ2) is 8.37. The SMILES string of the molecule is CCN(C(=O)CN1CCN(c2cc(Cl)ccc2C)CC1)[C@@H]1CCS(=O)(=O)C1. The van der Waals surface area contributed by atoms with E-state index in [9.17, 15) is 13.2 Å². The van der Waals surface area contributed by atoms with Crippen LogP contribution in [-0.4, -0.2) is 80.9 Å². The Kier molecular flexibility index (Phi) is 6.33. The molecule has 0 unspecified atom stereocenters. The van der Waals surface area contributed by atoms with E-state index in [0.29, 0.717) is 19.5 Å². The highest BCUT2D eigenvalue weighted by molar-refractivity contribution is 7.91. The number of anilines is 1. The van der Waals surface area contributed by atoms with Crippen LogP contribution < -0.4 is 4.90 Å². The number of benzene rings is 1. The third-order valence-corrected chi connectivity index (χ3v) is 7.54. The van der Waals surface area contributed by atoms with Crippen LogP contribution in [0.4, 0.5) is 5.69 Å². The minimum absolute atomic E-state index is 0.0342. The number of hydrogen-bond acceptors (Lipinski definition) is 5. The highest BCUT2D eigenvalue weighted by Gasteiger charge is 2.34. The quantitative estimate of drug-likeness (QED) is 0.736. The molecule has 27 heavy (non-hydrogen) atoms. The van der Waals surface area contributed by atoms with Gasteiger partial charge in [-0.1, -0.05) is 17.7 Å². The second-order valence-electron chi connectivity index (χ2n) is 7.43. The predicted octanol–water partition coefficient (Wildman–Crippen LogP) is 1.81. The lowest BCUT2D eigenvalue weighted by atomic mass is 10.1. The summed E-state index contributed by atoms with van der Waals surface area (Å²) in [7, 11) is -2.99. The van der Waals surface area contributed by atoms with E-state index in [1.807, 2.05) is 25.1 Å². The Bertz CT molecular complexity index is 791. The van der Waals surface area contributed by atoms with Crippen LogP contribution in [0, 0.1) is 6.92 Å². The number of sulfone groups is 1. The van der Waals surface area contributed by atoms with Crippen LogP contribution in [-0.2, 0) is 14.6 Å². The predicted molar refractivity (Wildman–Crippen MR) is 109 cm³/mol. The van der Waals surface area contributed by atoms with Gasteiger partial charge in [-0.15, -0.1) is 0 Å². The molecule has 0 aromatic heterocycles. The third-order valence-electron chi connectivity index (χ3n) is 5.55. The van der Waals surface area contributed by atoms with Gasteiger partial charge in [0.25, 0.3) is 0 Å². The first-order valence-electron chi connectivity index (χ1n) is 9.52. The first-order valence-corrected chi connectivity index (χ1v) is 11.7. The molecule has 1 amide bonds. The molecule has 2 aliphatic rings. The number of nitrogens with zero attached hydrogens (tertiary/aromatic N) is 3. The van der Waals surface area contributed by atoms with E-state index in [2.05, 4.69) is 16.7 Å². The van der Waals surface area contributed by atoms with E-state index < -0.39 is 9.84 Å². The molecule has 0 bridgehead atoms. The zero-order valence-electron chi connectivity index (χ0n) is 16.0. The molecule has 2 heterocycles. The van der Waals surface area contributed by atoms with Crippen LogP contribution >= 0.6 is 11.6 Å². The van der Waals surface area contributed by atoms with Gasteiger partial charge in [0, 0.05) is 49.5 Å². The molecule has 1 atom stereocenters. The van der Waals surface area contributed by atoms with Crippen molar-refractivity contribution in [2.75, 3.05) is 55.7 Å². The fraction of sp³-hybridized carbons (Fsp3) is 0.632. The summed E-state index contributed by atoms with van der Waals surface area (Å²) in [6.45, 7) is 8.21. The number of amides is 1. The molecule has 2 fully saturated rings. The lowest BCUT2D eigenvalue weighted by molar-refractivity contribution is -0.134. The molecule has 1 aromatic rings. The molecule has 0 saturated carbocycles. The normalized spacial score (nSPS) is 22.8. The molecule has 6 nitrogen and oxygen atoms in total. The van der Waals surface area contributed by atoms with Gasteiger partial charge in [-0.05, 0) is 38.0 Å². The van der Waals surface area contributed by atoms with Crippen LogP contribution in [0.5, 0.6) is 0 Å². The molecule has 3 rings (SSSR count). The Hall–Kier alpha value is -1.31. The van der Waals surface area contributed by atoms with Gasteiger partial charge >= 0.3 is 0 Å². The summed E-state index contributed by atoms with van der Waals surface area (Å²) < 4.78 is 23.5. The Balaban J connectivity index is 1.55. The highest BCUT2D eigenvalue weighted by atomic mass is 35.5. The number of halogens is 1. The van der Waals surface area contributed by atoms with Crippen LogP contribution in [0.25, 0.3) is 0 Å². The van der Waals surface area contributed by atoms with Crippen molar-refractivity contribution in [3.63, 3.8) is 0 Å². The Morgan fingerprint density at radius 3 is 2.56 bits per heavy atom. The van der Waals surface area contributed by atoms with E-state index in [1.54, 1.807) is 4.90 Å². The second-order valence-corrected chi connectivity index (χ2v) is 10.1. The van der Waals surface area contributed by atoms with E-state index in [0.717, 1.165) is 36.9 Å². The van der Waals surface area contributed by atoms with Crippen LogP contribution in [0.2, 0.25) is 5.02 Å². The van der Waals surface area contributed by atoms with Gasteiger partial charge in [0.1, 0.15) is 0 Å². The van der Waals surface area contributed by atoms with Crippen molar-refractivity contribution in [1.82, 2.24) is 9.80 Å². The molecule has 0 N–H and O–H groups in total. The van der Waals surface area contributed by atoms with Crippen molar-refractivity contribution in [3.05, 3.63) is 28.8 Å². The molecule has 2 saturated heterocycles. The number of rotatable bonds is 5. The van der Waals surface area contributed by atoms with Gasteiger partial charge in [-0.2, -0.15) is 0 Å². The summed E-state index contributed by atoms with van der Waals surface area (Å²) in [6, 6.07) is 5.76. The van der Waals surface area contributed by atoms with Gasteiger partial charge in [-0.25, -0.2) is 8.42 Å². The summed E-state index contributed by atoms with van der Waals surface area (Å²) in [4.78, 5) is 19.0. The largest absolute Gasteiger partial charge is 0.369 e. The number of carbonyl (C=O) groups excluding carboxylic acids is 1. The van der Waals surface area contributed by atoms with Crippen molar-refractivity contribution < 1.29 is 13.2 Å². The minimum Gasteiger partial charge on any atom is -0.369 e. The summed E-state index contributed by atoms with van der Waals surface area (Å²) >= 11 is 6.14. The van der Waals surface area contributed by atoms with Crippen molar-refractivity contribution in [1.29, 1.82) is 0 Å². The van der Waals surface area contributed by atoms with Crippen molar-refractivity contribution in [2.24, 2.45) is 0 Å². The van der Waals surface area contributed by atoms with Crippen molar-refractivity contribution >= 4 is 33.0 Å². The number of aryl methyl sites for hydroxylation is 1. The molecular weight excluding hydrogens is 386 g/mol. The summed E-state index contributed by atoms with van der Waals surface area (Å²) in [5, 5.41) is 0.735. The van der Waals surface area contributed by atoms with E-state index in [-0.39, 0.29) is 23.5 Å². The van der Waals surface area contributed by atoms with Gasteiger partial charge in [0.15, 0.2) is 9.84 Å². The van der Waals surface area contributed by atoms with Crippen molar-refractivity contribution in [3.8, 4) is 0 Å². The van der Waals surface area contributed by atoms with Gasteiger partial charge in [-0.3, -0.25) is 9.69 Å². The molecule has 0 aliphatic carbocycles. The lowest BCUT2D eigenvalue weighted by Gasteiger charge is -2.37. The third kappa shape index (κ3) is 4.95. The molecule has 150 valence electrons. The van der Waals surface area contributed by atoms with E-state index >= 15 is 0 Å². The van der Waals surface area contributed by atoms with Gasteiger partial charge in [0.2, 0.25) is 5.91 Å². The minimum atomic E-state index is -2.99. The Morgan fingerprint density at radius 1 is 1.26 bits per heavy atom. The maximum absolute atomic E-state index is 12.7. The van der Waals surface area contributed by atoms with Crippen LogP contribution in [0.1, 0.15) is 18.9 Å². The first kappa shape index (κ1) is 20.4. The molecule has 8 heteroatoms. The topological polar surface area (TPSA) is 60.9 Å². The lowest BCUT2D eigenvalue weighted by Crippen LogP contribution is -2.52. The fourth-order valence-electron chi connectivity index (χ4n) is 4.01. The average Bonchev–Trinajstić information content (AvgIpc) is 2.98. The smallest absolute Gasteiger partial charge is 0.237 e. The number of carbonyl (C=O) groups is 1. The zero-order valence-corrected chi connectivity index (χ0v) is 17.6. The van der Waals surface area contributed by atoms with Gasteiger partial charge in [0.05, 0.1) is 18.1 Å². The molecule has 2 aliphatic heterocycles. The molecular formula is C19H28ClN3O3S. The Labute approximate surface area is 167 Å². The van der Waals surface area contributed by atoms with Gasteiger partial charge < -0.3 is 9.80 Å². The van der Waals surface area contributed by atoms with Crippen LogP contribution in [0.3, 0.4) is 0 Å². The summed E-state index contributed by atoms with van der Waals surface area (Å²) in [6.07, 6.45) is 0.559. The number of piperazine rings is 1. The molecule has 0 spiro atoms. The standard InChI is InChI=1S/C19H28ClN3O3S/c1-3-23(17-6-11-27(25,26)14-17)19(24)13-21-7-9-22(10-8-21)18-12-16(20)5-4-15(18)2/h4-5,12,17H,3,6-11,13-14H2,1-2H3/t17-/m1/s1. The summed E-state index contributed by atoms with van der Waals surface area (Å²) in [5.74, 6) is 0.333. The molecule has 0 radical (unpaired) electrons. The highest BCUT2D eigenvalue weighted by Crippen LogP contribution is 2.25. The summed E-state index contributed by atoms with van der Waals surface area (Å²) in [5.41, 5.74) is 2.35. The van der Waals surface area contributed by atoms with E-state index in [4.69, 9.17) is 11.6 Å². The first-order chi connectivity index (χ1) is 12.8. The fourth-order valence-corrected chi connectivity index (χ4v) is 5.91. The Morgan fingerprint density at radius 2 is 1.96 bits per heavy atom. The van der Waals surface area contributed by atoms with Crippen LogP contribution in [0.15, 0.2) is 18.2 Å². The maximum Gasteiger partial charge on any atom is 0.237 e. The monoisotopic (exact) mass is 413 g/mol. The van der Waals surface area contributed by atoms with Crippen molar-refractivity contribution in [2.45, 2.75) is 26.3 Å². The zero-order chi connectivity index (χ0) is 19.6. The average molecular weight is 414 g/mol. The number of hydrogen-bond donors (Lipinski definition) is 0.